The van der Waals surface area contributed by atoms with Crippen LogP contribution in [0.15, 0.2) is 63.5 Å². The van der Waals surface area contributed by atoms with Crippen LogP contribution in [-0.4, -0.2) is 7.05 Å². The Kier molecular flexibility index (Phi) is 4.42. The van der Waals surface area contributed by atoms with E-state index >= 15 is 0 Å². The van der Waals surface area contributed by atoms with Crippen molar-refractivity contribution in [2.24, 2.45) is 0 Å². The molecule has 21 heavy (non-hydrogen) atoms. The third-order valence-corrected chi connectivity index (χ3v) is 4.40. The van der Waals surface area contributed by atoms with Crippen molar-refractivity contribution in [3.05, 3.63) is 70.4 Å². The lowest BCUT2D eigenvalue weighted by Crippen LogP contribution is -2.16. The molecule has 1 unspecified atom stereocenters. The Labute approximate surface area is 133 Å². The first kappa shape index (κ1) is 14.4. The standard InChI is InChI=1S/C18H18BrNO/c1-20-16(11-10-13-6-3-2-4-7-13)17-12-14-8-5-9-15(19)18(14)21-17/h2-9,12,16,20H,10-11H2,1H3. The number of para-hydroxylation sites is 1. The van der Waals surface area contributed by atoms with E-state index in [4.69, 9.17) is 4.42 Å². The number of benzene rings is 2. The van der Waals surface area contributed by atoms with Crippen LogP contribution < -0.4 is 5.32 Å². The molecule has 1 atom stereocenters. The molecule has 2 nitrogen and oxygen atoms in total. The zero-order valence-corrected chi connectivity index (χ0v) is 13.6. The molecule has 0 bridgehead atoms. The zero-order valence-electron chi connectivity index (χ0n) is 12.0. The van der Waals surface area contributed by atoms with Crippen LogP contribution in [0.2, 0.25) is 0 Å². The molecule has 0 aliphatic heterocycles. The summed E-state index contributed by atoms with van der Waals surface area (Å²) in [5.74, 6) is 0.996. The Balaban J connectivity index is 1.80. The average molecular weight is 344 g/mol. The lowest BCUT2D eigenvalue weighted by molar-refractivity contribution is 0.433. The van der Waals surface area contributed by atoms with Gasteiger partial charge in [-0.1, -0.05) is 42.5 Å². The predicted molar refractivity (Wildman–Crippen MR) is 90.5 cm³/mol. The van der Waals surface area contributed by atoms with Crippen LogP contribution in [0.1, 0.15) is 23.8 Å². The summed E-state index contributed by atoms with van der Waals surface area (Å²) >= 11 is 3.54. The predicted octanol–water partition coefficient (Wildman–Crippen LogP) is 5.09. The first-order valence-electron chi connectivity index (χ1n) is 7.17. The van der Waals surface area contributed by atoms with Gasteiger partial charge < -0.3 is 9.73 Å². The Hall–Kier alpha value is -1.58. The van der Waals surface area contributed by atoms with Crippen molar-refractivity contribution >= 4 is 26.9 Å². The molecule has 108 valence electrons. The second-order valence-corrected chi connectivity index (χ2v) is 6.03. The van der Waals surface area contributed by atoms with Gasteiger partial charge in [0, 0.05) is 5.39 Å². The zero-order chi connectivity index (χ0) is 14.7. The second-order valence-electron chi connectivity index (χ2n) is 5.17. The van der Waals surface area contributed by atoms with Gasteiger partial charge in [0.25, 0.3) is 0 Å². The van der Waals surface area contributed by atoms with Crippen LogP contribution in [-0.2, 0) is 6.42 Å². The van der Waals surface area contributed by atoms with E-state index in [0.717, 1.165) is 34.0 Å². The maximum Gasteiger partial charge on any atom is 0.148 e. The fourth-order valence-electron chi connectivity index (χ4n) is 2.60. The molecule has 1 aromatic heterocycles. The molecule has 3 aromatic rings. The van der Waals surface area contributed by atoms with Crippen LogP contribution in [0.5, 0.6) is 0 Å². The van der Waals surface area contributed by atoms with Crippen molar-refractivity contribution in [3.63, 3.8) is 0 Å². The van der Waals surface area contributed by atoms with Crippen LogP contribution in [0.4, 0.5) is 0 Å². The molecule has 0 aliphatic carbocycles. The van der Waals surface area contributed by atoms with Gasteiger partial charge in [0.05, 0.1) is 10.5 Å². The van der Waals surface area contributed by atoms with Crippen LogP contribution in [0.25, 0.3) is 11.0 Å². The first-order chi connectivity index (χ1) is 10.3. The lowest BCUT2D eigenvalue weighted by Gasteiger charge is -2.13. The normalized spacial score (nSPS) is 12.7. The summed E-state index contributed by atoms with van der Waals surface area (Å²) in [6.45, 7) is 0. The molecule has 0 spiro atoms. The topological polar surface area (TPSA) is 25.2 Å². The van der Waals surface area contributed by atoms with Crippen LogP contribution >= 0.6 is 15.9 Å². The molecule has 0 radical (unpaired) electrons. The van der Waals surface area contributed by atoms with E-state index in [1.807, 2.05) is 19.2 Å². The molecule has 0 amide bonds. The van der Waals surface area contributed by atoms with Gasteiger partial charge in [0.1, 0.15) is 11.3 Å². The molecular weight excluding hydrogens is 326 g/mol. The molecule has 1 N–H and O–H groups in total. The number of furan rings is 1. The van der Waals surface area contributed by atoms with Gasteiger partial charge in [-0.15, -0.1) is 0 Å². The van der Waals surface area contributed by atoms with Gasteiger partial charge in [-0.3, -0.25) is 0 Å². The second kappa shape index (κ2) is 6.46. The molecular formula is C18H18BrNO. The van der Waals surface area contributed by atoms with E-state index in [0.29, 0.717) is 0 Å². The van der Waals surface area contributed by atoms with Gasteiger partial charge in [-0.25, -0.2) is 0 Å². The van der Waals surface area contributed by atoms with Gasteiger partial charge >= 0.3 is 0 Å². The van der Waals surface area contributed by atoms with Crippen LogP contribution in [0, 0.1) is 0 Å². The van der Waals surface area contributed by atoms with E-state index in [1.165, 1.54) is 5.56 Å². The van der Waals surface area contributed by atoms with Gasteiger partial charge in [0.2, 0.25) is 0 Å². The summed E-state index contributed by atoms with van der Waals surface area (Å²) in [7, 11) is 1.98. The highest BCUT2D eigenvalue weighted by atomic mass is 79.9. The minimum absolute atomic E-state index is 0.226. The van der Waals surface area contributed by atoms with Gasteiger partial charge in [-0.05, 0) is 53.5 Å². The van der Waals surface area contributed by atoms with Crippen molar-refractivity contribution in [3.8, 4) is 0 Å². The number of fused-ring (bicyclic) bond motifs is 1. The summed E-state index contributed by atoms with van der Waals surface area (Å²) in [6.07, 6.45) is 2.04. The van der Waals surface area contributed by atoms with Crippen molar-refractivity contribution in [2.45, 2.75) is 18.9 Å². The summed E-state index contributed by atoms with van der Waals surface area (Å²) in [6, 6.07) is 19.0. The number of nitrogens with one attached hydrogen (secondary N) is 1. The van der Waals surface area contributed by atoms with E-state index in [1.54, 1.807) is 0 Å². The maximum atomic E-state index is 6.03. The number of rotatable bonds is 5. The summed E-state index contributed by atoms with van der Waals surface area (Å²) in [5.41, 5.74) is 2.28. The van der Waals surface area contributed by atoms with E-state index in [9.17, 15) is 0 Å². The SMILES string of the molecule is CNC(CCc1ccccc1)c1cc2cccc(Br)c2o1. The quantitative estimate of drug-likeness (QED) is 0.698. The minimum Gasteiger partial charge on any atom is -0.458 e. The highest BCUT2D eigenvalue weighted by molar-refractivity contribution is 9.10. The highest BCUT2D eigenvalue weighted by Gasteiger charge is 2.15. The Bertz CT molecular complexity index is 720. The monoisotopic (exact) mass is 343 g/mol. The summed E-state index contributed by atoms with van der Waals surface area (Å²) in [4.78, 5) is 0. The van der Waals surface area contributed by atoms with Gasteiger partial charge in [0.15, 0.2) is 0 Å². The molecule has 1 heterocycles. The third kappa shape index (κ3) is 3.20. The minimum atomic E-state index is 0.226. The van der Waals surface area contributed by atoms with Gasteiger partial charge in [-0.2, -0.15) is 0 Å². The maximum absolute atomic E-state index is 6.03. The number of aryl methyl sites for hydroxylation is 1. The summed E-state index contributed by atoms with van der Waals surface area (Å²) < 4.78 is 7.03. The first-order valence-corrected chi connectivity index (χ1v) is 7.96. The average Bonchev–Trinajstić information content (AvgIpc) is 2.94. The molecule has 2 aromatic carbocycles. The largest absolute Gasteiger partial charge is 0.458 e. The Morgan fingerprint density at radius 1 is 1.10 bits per heavy atom. The lowest BCUT2D eigenvalue weighted by atomic mass is 10.0. The molecule has 0 aliphatic rings. The number of hydrogen-bond donors (Lipinski definition) is 1. The third-order valence-electron chi connectivity index (χ3n) is 3.77. The van der Waals surface area contributed by atoms with Crippen molar-refractivity contribution in [1.82, 2.24) is 5.32 Å². The summed E-state index contributed by atoms with van der Waals surface area (Å²) in [5, 5.41) is 4.50. The molecule has 0 saturated carbocycles. The van der Waals surface area contributed by atoms with Crippen LogP contribution in [0.3, 0.4) is 0 Å². The fourth-order valence-corrected chi connectivity index (χ4v) is 3.07. The number of hydrogen-bond acceptors (Lipinski definition) is 2. The van der Waals surface area contributed by atoms with Crippen molar-refractivity contribution in [2.75, 3.05) is 7.05 Å². The number of halogens is 1. The van der Waals surface area contributed by atoms with Crippen molar-refractivity contribution in [1.29, 1.82) is 0 Å². The fraction of sp³-hybridized carbons (Fsp3) is 0.222. The molecule has 0 fully saturated rings. The van der Waals surface area contributed by atoms with E-state index in [2.05, 4.69) is 63.7 Å². The smallest absolute Gasteiger partial charge is 0.148 e. The van der Waals surface area contributed by atoms with E-state index in [-0.39, 0.29) is 6.04 Å². The Morgan fingerprint density at radius 2 is 1.90 bits per heavy atom. The van der Waals surface area contributed by atoms with Crippen molar-refractivity contribution < 1.29 is 4.42 Å². The Morgan fingerprint density at radius 3 is 2.62 bits per heavy atom. The molecule has 3 heteroatoms. The highest BCUT2D eigenvalue weighted by Crippen LogP contribution is 2.31. The molecule has 0 saturated heterocycles. The molecule has 3 rings (SSSR count). The van der Waals surface area contributed by atoms with E-state index < -0.39 is 0 Å².